The lowest BCUT2D eigenvalue weighted by molar-refractivity contribution is -0.0597. The number of carboxylic acid groups (broad SMARTS) is 1. The summed E-state index contributed by atoms with van der Waals surface area (Å²) in [5.74, 6) is -1.21. The number of carbonyl (C=O) groups excluding carboxylic acids is 1. The number of hydrogen-bond acceptors (Lipinski definition) is 5. The summed E-state index contributed by atoms with van der Waals surface area (Å²) < 4.78 is 6.42. The number of anilines is 1. The summed E-state index contributed by atoms with van der Waals surface area (Å²) in [5.41, 5.74) is 3.35. The van der Waals surface area contributed by atoms with Crippen LogP contribution in [-0.4, -0.2) is 38.9 Å². The first-order valence-electron chi connectivity index (χ1n) is 12.7. The van der Waals surface area contributed by atoms with Crippen molar-refractivity contribution in [2.24, 2.45) is 0 Å². The predicted molar refractivity (Wildman–Crippen MR) is 142 cm³/mol. The van der Waals surface area contributed by atoms with E-state index in [4.69, 9.17) is 4.74 Å². The van der Waals surface area contributed by atoms with Gasteiger partial charge < -0.3 is 25.0 Å². The fraction of sp³-hybridized carbons (Fsp3) is 0.400. The molecule has 0 saturated carbocycles. The van der Waals surface area contributed by atoms with Crippen LogP contribution in [0.15, 0.2) is 53.6 Å². The maximum Gasteiger partial charge on any atom is 0.337 e. The Kier molecular flexibility index (Phi) is 7.46. The number of allylic oxidation sites excluding steroid dienone is 4. The molecule has 3 N–H and O–H groups in total. The molecule has 2 aromatic rings. The van der Waals surface area contributed by atoms with Crippen molar-refractivity contribution in [1.82, 2.24) is 0 Å². The first-order valence-corrected chi connectivity index (χ1v) is 12.7. The number of phenolic OH excluding ortho intramolecular Hbond substituents is 1. The van der Waals surface area contributed by atoms with Crippen molar-refractivity contribution in [3.05, 3.63) is 75.9 Å². The van der Waals surface area contributed by atoms with Gasteiger partial charge in [-0.1, -0.05) is 35.4 Å². The molecule has 196 valence electrons. The van der Waals surface area contributed by atoms with E-state index in [1.807, 2.05) is 6.92 Å². The first kappa shape index (κ1) is 26.5. The summed E-state index contributed by atoms with van der Waals surface area (Å²) in [4.78, 5) is 26.5. The molecule has 2 atom stereocenters. The number of carboxylic acids is 1. The van der Waals surface area contributed by atoms with Crippen LogP contribution < -0.4 is 9.64 Å². The molecule has 0 unspecified atom stereocenters. The number of amides is 1. The summed E-state index contributed by atoms with van der Waals surface area (Å²) in [6.45, 7) is 8.26. The van der Waals surface area contributed by atoms with E-state index >= 15 is 0 Å². The molecule has 1 amide bonds. The normalized spacial score (nSPS) is 20.8. The number of aliphatic hydroxyl groups is 1. The average molecular weight is 506 g/mol. The molecule has 2 aliphatic heterocycles. The zero-order chi connectivity index (χ0) is 26.9. The third-order valence-corrected chi connectivity index (χ3v) is 7.34. The van der Waals surface area contributed by atoms with Crippen molar-refractivity contribution >= 4 is 17.6 Å². The number of para-hydroxylation sites is 1. The molecule has 2 aromatic carbocycles. The van der Waals surface area contributed by atoms with Crippen LogP contribution in [0.2, 0.25) is 0 Å². The van der Waals surface area contributed by atoms with E-state index in [-0.39, 0.29) is 35.5 Å². The van der Waals surface area contributed by atoms with Crippen LogP contribution in [0.5, 0.6) is 11.5 Å². The summed E-state index contributed by atoms with van der Waals surface area (Å²) in [5, 5.41) is 31.3. The third kappa shape index (κ3) is 5.27. The lowest BCUT2D eigenvalue weighted by atomic mass is 9.84. The Hall–Kier alpha value is -3.58. The van der Waals surface area contributed by atoms with Gasteiger partial charge in [-0.2, -0.15) is 0 Å². The molecule has 0 spiro atoms. The van der Waals surface area contributed by atoms with Crippen LogP contribution in [0.4, 0.5) is 5.69 Å². The largest absolute Gasteiger partial charge is 0.508 e. The average Bonchev–Trinajstić information content (AvgIpc) is 3.16. The Morgan fingerprint density at radius 3 is 2.59 bits per heavy atom. The standard InChI is InChI=1S/C30H35NO6/c1-18(2)9-7-10-19(3)11-8-14-30(4)26(33)16-22-25(32)15-21-23(27(22)37-30)17-31(28(21)34)24-13-6-5-12-20(24)29(35)36/h5-6,9,11-13,15,26,32-33H,7-8,10,14,16-17H2,1-4H3,(H,35,36)/t26-,30-/m0/s1. The van der Waals surface area contributed by atoms with Gasteiger partial charge in [0, 0.05) is 17.5 Å². The van der Waals surface area contributed by atoms with E-state index in [9.17, 15) is 24.9 Å². The molecule has 0 fully saturated rings. The highest BCUT2D eigenvalue weighted by Crippen LogP contribution is 2.47. The molecule has 0 bridgehead atoms. The molecule has 0 aliphatic carbocycles. The topological polar surface area (TPSA) is 107 Å². The number of phenols is 1. The van der Waals surface area contributed by atoms with E-state index in [1.54, 1.807) is 18.2 Å². The van der Waals surface area contributed by atoms with Gasteiger partial charge in [-0.3, -0.25) is 4.79 Å². The molecule has 2 heterocycles. The fourth-order valence-corrected chi connectivity index (χ4v) is 5.08. The lowest BCUT2D eigenvalue weighted by Gasteiger charge is -2.40. The number of aromatic hydroxyl groups is 1. The molecule has 37 heavy (non-hydrogen) atoms. The highest BCUT2D eigenvalue weighted by atomic mass is 16.5. The molecule has 0 saturated heterocycles. The SMILES string of the molecule is CC(C)=CCCC(C)=CCC[C@]1(C)Oc2c(c(O)cc3c2CN(c2ccccc2C(=O)O)C3=O)C[C@@H]1O. The van der Waals surface area contributed by atoms with Gasteiger partial charge in [0.15, 0.2) is 0 Å². The van der Waals surface area contributed by atoms with Gasteiger partial charge in [0.2, 0.25) is 0 Å². The van der Waals surface area contributed by atoms with Gasteiger partial charge in [-0.25, -0.2) is 4.79 Å². The van der Waals surface area contributed by atoms with Gasteiger partial charge in [-0.05, 0) is 71.6 Å². The van der Waals surface area contributed by atoms with Gasteiger partial charge >= 0.3 is 5.97 Å². The van der Waals surface area contributed by atoms with E-state index in [0.717, 1.165) is 19.3 Å². The summed E-state index contributed by atoms with van der Waals surface area (Å²) in [6, 6.07) is 7.75. The maximum atomic E-state index is 13.3. The van der Waals surface area contributed by atoms with Crippen molar-refractivity contribution in [2.75, 3.05) is 4.90 Å². The summed E-state index contributed by atoms with van der Waals surface area (Å²) >= 11 is 0. The molecule has 7 heteroatoms. The van der Waals surface area contributed by atoms with Crippen LogP contribution in [0, 0.1) is 0 Å². The fourth-order valence-electron chi connectivity index (χ4n) is 5.08. The molecule has 4 rings (SSSR count). The number of ether oxygens (including phenoxy) is 1. The molecule has 7 nitrogen and oxygen atoms in total. The van der Waals surface area contributed by atoms with Crippen LogP contribution in [0.1, 0.15) is 85.2 Å². The van der Waals surface area contributed by atoms with Crippen LogP contribution in [0.25, 0.3) is 0 Å². The predicted octanol–water partition coefficient (Wildman–Crippen LogP) is 5.78. The number of hydrogen-bond donors (Lipinski definition) is 3. The highest BCUT2D eigenvalue weighted by Gasteiger charge is 2.44. The van der Waals surface area contributed by atoms with Gasteiger partial charge in [0.1, 0.15) is 17.1 Å². The van der Waals surface area contributed by atoms with Crippen molar-refractivity contribution < 1.29 is 29.6 Å². The van der Waals surface area contributed by atoms with Crippen molar-refractivity contribution in [3.63, 3.8) is 0 Å². The maximum absolute atomic E-state index is 13.3. The lowest BCUT2D eigenvalue weighted by Crippen LogP contribution is -2.49. The number of aromatic carboxylic acids is 1. The van der Waals surface area contributed by atoms with Crippen molar-refractivity contribution in [1.29, 1.82) is 0 Å². The zero-order valence-electron chi connectivity index (χ0n) is 21.9. The number of rotatable bonds is 8. The van der Waals surface area contributed by atoms with Gasteiger partial charge in [0.05, 0.1) is 29.5 Å². The second-order valence-electron chi connectivity index (χ2n) is 10.5. The number of nitrogens with zero attached hydrogens (tertiary/aromatic N) is 1. The minimum absolute atomic E-state index is 0.0228. The van der Waals surface area contributed by atoms with Crippen LogP contribution >= 0.6 is 0 Å². The third-order valence-electron chi connectivity index (χ3n) is 7.34. The Bertz CT molecular complexity index is 1290. The van der Waals surface area contributed by atoms with E-state index in [2.05, 4.69) is 32.9 Å². The first-order chi connectivity index (χ1) is 17.5. The number of aliphatic hydroxyl groups excluding tert-OH is 1. The minimum Gasteiger partial charge on any atom is -0.508 e. The van der Waals surface area contributed by atoms with Gasteiger partial charge in [-0.15, -0.1) is 0 Å². The molecule has 2 aliphatic rings. The number of carbonyl (C=O) groups is 2. The Labute approximate surface area is 217 Å². The Morgan fingerprint density at radius 2 is 1.89 bits per heavy atom. The van der Waals surface area contributed by atoms with E-state index in [0.29, 0.717) is 23.3 Å². The van der Waals surface area contributed by atoms with Crippen molar-refractivity contribution in [3.8, 4) is 11.5 Å². The second-order valence-corrected chi connectivity index (χ2v) is 10.5. The highest BCUT2D eigenvalue weighted by molar-refractivity contribution is 6.13. The smallest absolute Gasteiger partial charge is 0.337 e. The Morgan fingerprint density at radius 1 is 1.16 bits per heavy atom. The van der Waals surface area contributed by atoms with Crippen molar-refractivity contribution in [2.45, 2.75) is 78.0 Å². The zero-order valence-corrected chi connectivity index (χ0v) is 21.9. The van der Waals surface area contributed by atoms with Crippen LogP contribution in [-0.2, 0) is 13.0 Å². The summed E-state index contributed by atoms with van der Waals surface area (Å²) in [7, 11) is 0. The molecular formula is C30H35NO6. The molecule has 0 radical (unpaired) electrons. The van der Waals surface area contributed by atoms with E-state index < -0.39 is 23.6 Å². The minimum atomic E-state index is -1.12. The van der Waals surface area contributed by atoms with E-state index in [1.165, 1.54) is 28.2 Å². The monoisotopic (exact) mass is 505 g/mol. The van der Waals surface area contributed by atoms with Crippen LogP contribution in [0.3, 0.4) is 0 Å². The van der Waals surface area contributed by atoms with Gasteiger partial charge in [0.25, 0.3) is 5.91 Å². The quantitative estimate of drug-likeness (QED) is 0.393. The second kappa shape index (κ2) is 10.4. The Balaban J connectivity index is 1.59. The number of fused-ring (bicyclic) bond motifs is 3. The number of benzene rings is 2. The molecular weight excluding hydrogens is 470 g/mol. The molecule has 0 aromatic heterocycles. The summed E-state index contributed by atoms with van der Waals surface area (Å²) in [6.07, 6.45) is 7.03.